The molecule has 0 spiro atoms. The zero-order valence-corrected chi connectivity index (χ0v) is 14.8. The summed E-state index contributed by atoms with van der Waals surface area (Å²) < 4.78 is 2.59. The van der Waals surface area contributed by atoms with E-state index in [4.69, 9.17) is 0 Å². The topological polar surface area (TPSA) is 0 Å². The molecule has 17 heavy (non-hydrogen) atoms. The fourth-order valence-corrected chi connectivity index (χ4v) is 3.82. The van der Waals surface area contributed by atoms with Gasteiger partial charge in [0.2, 0.25) is 0 Å². The van der Waals surface area contributed by atoms with Crippen LogP contribution < -0.4 is 0 Å². The summed E-state index contributed by atoms with van der Waals surface area (Å²) >= 11 is 6.56. The van der Waals surface area contributed by atoms with Crippen LogP contribution in [-0.2, 0) is 0 Å². The van der Waals surface area contributed by atoms with Gasteiger partial charge in [0.25, 0.3) is 0 Å². The first-order chi connectivity index (χ1) is 8.06. The molecule has 0 bridgehead atoms. The van der Waals surface area contributed by atoms with Crippen molar-refractivity contribution in [2.75, 3.05) is 0 Å². The molecule has 2 aromatic rings. The van der Waals surface area contributed by atoms with Gasteiger partial charge in [-0.25, -0.2) is 0 Å². The van der Waals surface area contributed by atoms with E-state index < -0.39 is 0 Å². The Kier molecular flexibility index (Phi) is 4.77. The van der Waals surface area contributed by atoms with Crippen molar-refractivity contribution in [3.05, 3.63) is 54.7 Å². The van der Waals surface area contributed by atoms with Crippen molar-refractivity contribution < 1.29 is 0 Å². The third-order valence-electron chi connectivity index (χ3n) is 2.49. The van der Waals surface area contributed by atoms with Gasteiger partial charge in [0, 0.05) is 16.9 Å². The molecule has 0 fully saturated rings. The van der Waals surface area contributed by atoms with Crippen LogP contribution in [0.4, 0.5) is 0 Å². The van der Waals surface area contributed by atoms with Gasteiger partial charge in [-0.15, -0.1) is 0 Å². The summed E-state index contributed by atoms with van der Waals surface area (Å²) in [5, 5.41) is 0. The second-order valence-electron chi connectivity index (χ2n) is 3.92. The SMILES string of the molecule is Cc1cc(I)ccc1Sc1ccc(I)cc1C. The third kappa shape index (κ3) is 3.61. The van der Waals surface area contributed by atoms with Gasteiger partial charge < -0.3 is 0 Å². The summed E-state index contributed by atoms with van der Waals surface area (Å²) in [5.74, 6) is 0. The lowest BCUT2D eigenvalue weighted by molar-refractivity contribution is 1.25. The van der Waals surface area contributed by atoms with E-state index in [9.17, 15) is 0 Å². The van der Waals surface area contributed by atoms with Crippen molar-refractivity contribution in [1.82, 2.24) is 0 Å². The van der Waals surface area contributed by atoms with Gasteiger partial charge in [-0.3, -0.25) is 0 Å². The van der Waals surface area contributed by atoms with E-state index in [1.54, 1.807) is 0 Å². The molecule has 0 heterocycles. The minimum absolute atomic E-state index is 1.30. The molecule has 0 aliphatic heterocycles. The fraction of sp³-hybridized carbons (Fsp3) is 0.143. The molecule has 2 aromatic carbocycles. The average Bonchev–Trinajstić information content (AvgIpc) is 2.25. The number of hydrogen-bond acceptors (Lipinski definition) is 1. The summed E-state index contributed by atoms with van der Waals surface area (Å²) in [6, 6.07) is 13.2. The molecule has 0 radical (unpaired) electrons. The maximum Gasteiger partial charge on any atom is 0.0152 e. The number of aryl methyl sites for hydroxylation is 2. The van der Waals surface area contributed by atoms with Crippen molar-refractivity contribution in [1.29, 1.82) is 0 Å². The Morgan fingerprint density at radius 3 is 1.53 bits per heavy atom. The van der Waals surface area contributed by atoms with Crippen molar-refractivity contribution in [3.63, 3.8) is 0 Å². The molecule has 0 nitrogen and oxygen atoms in total. The summed E-state index contributed by atoms with van der Waals surface area (Å²) in [7, 11) is 0. The summed E-state index contributed by atoms with van der Waals surface area (Å²) in [6.45, 7) is 4.35. The molecule has 0 aliphatic carbocycles. The minimum atomic E-state index is 1.30. The van der Waals surface area contributed by atoms with Crippen LogP contribution in [0.3, 0.4) is 0 Å². The second kappa shape index (κ2) is 5.93. The smallest absolute Gasteiger partial charge is 0.0152 e. The van der Waals surface area contributed by atoms with Crippen LogP contribution in [0.25, 0.3) is 0 Å². The predicted octanol–water partition coefficient (Wildman–Crippen LogP) is 5.66. The van der Waals surface area contributed by atoms with E-state index in [-0.39, 0.29) is 0 Å². The van der Waals surface area contributed by atoms with Gasteiger partial charge in [0.05, 0.1) is 0 Å². The lowest BCUT2D eigenvalue weighted by atomic mass is 10.2. The normalized spacial score (nSPS) is 10.6. The van der Waals surface area contributed by atoms with Gasteiger partial charge >= 0.3 is 0 Å². The Balaban J connectivity index is 2.31. The van der Waals surface area contributed by atoms with Crippen LogP contribution in [-0.4, -0.2) is 0 Å². The first-order valence-corrected chi connectivity index (χ1v) is 8.24. The molecular weight excluding hydrogens is 454 g/mol. The Morgan fingerprint density at radius 2 is 1.18 bits per heavy atom. The van der Waals surface area contributed by atoms with Crippen molar-refractivity contribution in [2.45, 2.75) is 23.6 Å². The van der Waals surface area contributed by atoms with E-state index >= 15 is 0 Å². The Hall–Kier alpha value is 0.250. The molecule has 0 aliphatic rings. The van der Waals surface area contributed by atoms with Crippen LogP contribution in [0.2, 0.25) is 0 Å². The average molecular weight is 466 g/mol. The largest absolute Gasteiger partial charge is 0.0895 e. The van der Waals surface area contributed by atoms with Gasteiger partial charge in [0.1, 0.15) is 0 Å². The quantitative estimate of drug-likeness (QED) is 0.515. The van der Waals surface area contributed by atoms with Crippen molar-refractivity contribution >= 4 is 56.9 Å². The molecular formula is C14H12I2S. The number of hydrogen-bond donors (Lipinski definition) is 0. The van der Waals surface area contributed by atoms with Crippen LogP contribution in [0.1, 0.15) is 11.1 Å². The van der Waals surface area contributed by atoms with Crippen LogP contribution in [0.5, 0.6) is 0 Å². The van der Waals surface area contributed by atoms with Crippen molar-refractivity contribution in [2.24, 2.45) is 0 Å². The Morgan fingerprint density at radius 1 is 0.765 bits per heavy atom. The zero-order valence-electron chi connectivity index (χ0n) is 9.63. The molecule has 0 aromatic heterocycles. The summed E-state index contributed by atoms with van der Waals surface area (Å²) in [6.07, 6.45) is 0. The van der Waals surface area contributed by atoms with Gasteiger partial charge in [-0.05, 0) is 107 Å². The summed E-state index contributed by atoms with van der Waals surface area (Å²) in [5.41, 5.74) is 2.69. The molecule has 0 amide bonds. The lowest BCUT2D eigenvalue weighted by Gasteiger charge is -2.09. The van der Waals surface area contributed by atoms with Gasteiger partial charge in [-0.1, -0.05) is 11.8 Å². The molecule has 0 saturated carbocycles. The number of benzene rings is 2. The van der Waals surface area contributed by atoms with Gasteiger partial charge in [0.15, 0.2) is 0 Å². The van der Waals surface area contributed by atoms with E-state index in [1.807, 2.05) is 11.8 Å². The molecule has 0 saturated heterocycles. The number of rotatable bonds is 2. The Bertz CT molecular complexity index is 500. The first-order valence-electron chi connectivity index (χ1n) is 5.26. The van der Waals surface area contributed by atoms with Gasteiger partial charge in [-0.2, -0.15) is 0 Å². The minimum Gasteiger partial charge on any atom is -0.0895 e. The van der Waals surface area contributed by atoms with Crippen LogP contribution >= 0.6 is 56.9 Å². The molecule has 2 rings (SSSR count). The zero-order chi connectivity index (χ0) is 12.4. The van der Waals surface area contributed by atoms with E-state index in [0.717, 1.165) is 0 Å². The second-order valence-corrected chi connectivity index (χ2v) is 7.50. The fourth-order valence-electron chi connectivity index (χ4n) is 1.57. The molecule has 0 N–H and O–H groups in total. The number of halogens is 2. The summed E-state index contributed by atoms with van der Waals surface area (Å²) in [4.78, 5) is 2.68. The molecule has 0 unspecified atom stereocenters. The lowest BCUT2D eigenvalue weighted by Crippen LogP contribution is -1.85. The standard InChI is InChI=1S/C14H12I2S/c1-9-7-11(15)3-5-13(9)17-14-6-4-12(16)8-10(14)2/h3-8H,1-2H3. The first kappa shape index (κ1) is 13.7. The van der Waals surface area contributed by atoms with Crippen LogP contribution in [0.15, 0.2) is 46.2 Å². The highest BCUT2D eigenvalue weighted by atomic mass is 127. The monoisotopic (exact) mass is 466 g/mol. The highest BCUT2D eigenvalue weighted by Gasteiger charge is 2.04. The van der Waals surface area contributed by atoms with E-state index in [2.05, 4.69) is 95.4 Å². The highest BCUT2D eigenvalue weighted by Crippen LogP contribution is 2.33. The highest BCUT2D eigenvalue weighted by molar-refractivity contribution is 14.1. The van der Waals surface area contributed by atoms with Crippen LogP contribution in [0, 0.1) is 21.0 Å². The maximum atomic E-state index is 2.35. The maximum absolute atomic E-state index is 2.35. The van der Waals surface area contributed by atoms with E-state index in [1.165, 1.54) is 28.1 Å². The third-order valence-corrected chi connectivity index (χ3v) is 5.19. The predicted molar refractivity (Wildman–Crippen MR) is 91.9 cm³/mol. The van der Waals surface area contributed by atoms with E-state index in [0.29, 0.717) is 0 Å². The molecule has 88 valence electrons. The molecule has 3 heteroatoms. The Labute approximate surface area is 134 Å². The van der Waals surface area contributed by atoms with Crippen molar-refractivity contribution in [3.8, 4) is 0 Å². The molecule has 0 atom stereocenters.